The van der Waals surface area contributed by atoms with Gasteiger partial charge in [-0.25, -0.2) is 0 Å². The fourth-order valence-electron chi connectivity index (χ4n) is 3.66. The summed E-state index contributed by atoms with van der Waals surface area (Å²) in [6.45, 7) is 11.3. The van der Waals surface area contributed by atoms with Crippen LogP contribution in [0.5, 0.6) is 0 Å². The van der Waals surface area contributed by atoms with Gasteiger partial charge in [-0.3, -0.25) is 0 Å². The average molecular weight is 332 g/mol. The number of aromatic nitrogens is 1. The quantitative estimate of drug-likeness (QED) is 0.285. The number of hydrogen-bond donors (Lipinski definition) is 0. The molecule has 0 atom stereocenters. The number of rotatable bonds is 9. The van der Waals surface area contributed by atoms with Gasteiger partial charge in [-0.2, -0.15) is 0 Å². The van der Waals surface area contributed by atoms with Crippen molar-refractivity contribution in [3.63, 3.8) is 0 Å². The monoisotopic (exact) mass is 331 g/mol. The largest absolute Gasteiger partial charge is 0.340 e. The molecule has 0 saturated carbocycles. The van der Waals surface area contributed by atoms with Crippen molar-refractivity contribution in [2.24, 2.45) is 0 Å². The number of fused-ring (bicyclic) bond motifs is 3. The number of allylic oxidation sites excluding steroid dienone is 2. The molecule has 1 heteroatoms. The van der Waals surface area contributed by atoms with Crippen LogP contribution in [0.15, 0.2) is 61.7 Å². The van der Waals surface area contributed by atoms with Gasteiger partial charge in [-0.1, -0.05) is 82.5 Å². The summed E-state index contributed by atoms with van der Waals surface area (Å²) >= 11 is 0. The van der Waals surface area contributed by atoms with Crippen LogP contribution in [-0.4, -0.2) is 4.57 Å². The summed E-state index contributed by atoms with van der Waals surface area (Å²) in [6.07, 6.45) is 9.80. The van der Waals surface area contributed by atoms with Crippen molar-refractivity contribution in [1.82, 2.24) is 4.57 Å². The minimum absolute atomic E-state index is 0.981. The van der Waals surface area contributed by atoms with Crippen molar-refractivity contribution in [3.8, 4) is 0 Å². The van der Waals surface area contributed by atoms with Crippen LogP contribution in [0.3, 0.4) is 0 Å². The van der Waals surface area contributed by atoms with Gasteiger partial charge >= 0.3 is 0 Å². The Morgan fingerprint density at radius 2 is 1.64 bits per heavy atom. The Labute approximate surface area is 151 Å². The van der Waals surface area contributed by atoms with Crippen LogP contribution in [0.25, 0.3) is 27.4 Å². The maximum Gasteiger partial charge on any atom is 0.0491 e. The first-order chi connectivity index (χ1) is 12.3. The first kappa shape index (κ1) is 17.5. The topological polar surface area (TPSA) is 4.93 Å². The van der Waals surface area contributed by atoms with Gasteiger partial charge in [0.05, 0.1) is 0 Å². The van der Waals surface area contributed by atoms with Crippen molar-refractivity contribution < 1.29 is 0 Å². The highest BCUT2D eigenvalue weighted by Crippen LogP contribution is 2.31. The van der Waals surface area contributed by atoms with Gasteiger partial charge in [0.2, 0.25) is 0 Å². The van der Waals surface area contributed by atoms with Gasteiger partial charge in [0, 0.05) is 28.4 Å². The Hall–Kier alpha value is -2.28. The molecule has 0 bridgehead atoms. The molecule has 2 aromatic carbocycles. The van der Waals surface area contributed by atoms with Gasteiger partial charge in [-0.05, 0) is 35.8 Å². The lowest BCUT2D eigenvalue weighted by molar-refractivity contribution is 0.571. The molecular weight excluding hydrogens is 302 g/mol. The van der Waals surface area contributed by atoms with E-state index >= 15 is 0 Å². The molecule has 0 aliphatic rings. The first-order valence-corrected chi connectivity index (χ1v) is 9.59. The fourth-order valence-corrected chi connectivity index (χ4v) is 3.66. The molecule has 130 valence electrons. The van der Waals surface area contributed by atoms with Crippen LogP contribution in [-0.2, 0) is 6.54 Å². The summed E-state index contributed by atoms with van der Waals surface area (Å²) < 4.78 is 2.49. The Morgan fingerprint density at radius 3 is 2.44 bits per heavy atom. The third kappa shape index (κ3) is 3.71. The van der Waals surface area contributed by atoms with E-state index in [1.165, 1.54) is 60.3 Å². The Kier molecular flexibility index (Phi) is 5.75. The molecule has 3 rings (SSSR count). The van der Waals surface area contributed by atoms with Gasteiger partial charge in [0.15, 0.2) is 0 Å². The normalized spacial score (nSPS) is 11.2. The summed E-state index contributed by atoms with van der Waals surface area (Å²) in [7, 11) is 0. The number of para-hydroxylation sites is 1. The second kappa shape index (κ2) is 8.20. The molecule has 0 fully saturated rings. The molecule has 0 aliphatic heterocycles. The molecule has 3 aromatic rings. The summed E-state index contributed by atoms with van der Waals surface area (Å²) in [5, 5.41) is 2.66. The van der Waals surface area contributed by atoms with E-state index in [9.17, 15) is 0 Å². The van der Waals surface area contributed by atoms with Gasteiger partial charge < -0.3 is 4.57 Å². The predicted molar refractivity (Wildman–Crippen MR) is 112 cm³/mol. The zero-order valence-corrected chi connectivity index (χ0v) is 15.4. The molecule has 1 aromatic heterocycles. The van der Waals surface area contributed by atoms with Crippen molar-refractivity contribution in [2.75, 3.05) is 0 Å². The summed E-state index contributed by atoms with van der Waals surface area (Å²) in [5.41, 5.74) is 4.81. The molecule has 1 nitrogen and oxygen atoms in total. The number of unbranched alkanes of at least 4 members (excludes halogenated alkanes) is 5. The number of benzene rings is 2. The highest BCUT2D eigenvalue weighted by molar-refractivity contribution is 6.09. The smallest absolute Gasteiger partial charge is 0.0491 e. The highest BCUT2D eigenvalue weighted by Gasteiger charge is 2.11. The number of aryl methyl sites for hydroxylation is 1. The summed E-state index contributed by atoms with van der Waals surface area (Å²) in [6, 6.07) is 15.4. The highest BCUT2D eigenvalue weighted by atomic mass is 15.0. The summed E-state index contributed by atoms with van der Waals surface area (Å²) in [5.74, 6) is 0. The second-order valence-electron chi connectivity index (χ2n) is 6.90. The lowest BCUT2D eigenvalue weighted by Gasteiger charge is -2.08. The van der Waals surface area contributed by atoms with Crippen LogP contribution in [0.1, 0.15) is 51.0 Å². The van der Waals surface area contributed by atoms with E-state index in [0.29, 0.717) is 0 Å². The van der Waals surface area contributed by atoms with Crippen LogP contribution < -0.4 is 0 Å². The lowest BCUT2D eigenvalue weighted by Crippen LogP contribution is -1.97. The predicted octanol–water partition coefficient (Wildman–Crippen LogP) is 7.35. The number of nitrogens with zero attached hydrogens (tertiary/aromatic N) is 1. The Bertz CT molecular complexity index is 882. The molecule has 0 amide bonds. The Balaban J connectivity index is 1.91. The van der Waals surface area contributed by atoms with Crippen LogP contribution in [0.4, 0.5) is 0 Å². The summed E-state index contributed by atoms with van der Waals surface area (Å²) in [4.78, 5) is 0. The maximum atomic E-state index is 4.10. The maximum absolute atomic E-state index is 4.10. The first-order valence-electron chi connectivity index (χ1n) is 9.59. The van der Waals surface area contributed by atoms with E-state index in [2.05, 4.69) is 67.1 Å². The second-order valence-corrected chi connectivity index (χ2v) is 6.90. The van der Waals surface area contributed by atoms with E-state index in [1.807, 2.05) is 6.08 Å². The van der Waals surface area contributed by atoms with E-state index in [-0.39, 0.29) is 0 Å². The van der Waals surface area contributed by atoms with E-state index in [1.54, 1.807) is 0 Å². The van der Waals surface area contributed by atoms with Crippen molar-refractivity contribution >= 4 is 27.4 Å². The molecule has 0 radical (unpaired) electrons. The van der Waals surface area contributed by atoms with Crippen LogP contribution in [0, 0.1) is 0 Å². The minimum atomic E-state index is 0.981. The zero-order chi connectivity index (χ0) is 17.6. The molecule has 25 heavy (non-hydrogen) atoms. The van der Waals surface area contributed by atoms with E-state index < -0.39 is 0 Å². The SMILES string of the molecule is C=CC(=C)c1ccc2c(c1)c1ccccc1n2CCCCCCCC. The molecule has 0 aliphatic carbocycles. The lowest BCUT2D eigenvalue weighted by atomic mass is 10.0. The van der Waals surface area contributed by atoms with Crippen molar-refractivity contribution in [1.29, 1.82) is 0 Å². The third-order valence-corrected chi connectivity index (χ3v) is 5.12. The van der Waals surface area contributed by atoms with Crippen LogP contribution in [0.2, 0.25) is 0 Å². The fraction of sp³-hybridized carbons (Fsp3) is 0.333. The average Bonchev–Trinajstić information content (AvgIpc) is 2.97. The van der Waals surface area contributed by atoms with Crippen LogP contribution >= 0.6 is 0 Å². The van der Waals surface area contributed by atoms with Gasteiger partial charge in [-0.15, -0.1) is 0 Å². The zero-order valence-electron chi connectivity index (χ0n) is 15.4. The Morgan fingerprint density at radius 1 is 0.920 bits per heavy atom. The molecule has 1 heterocycles. The van der Waals surface area contributed by atoms with Gasteiger partial charge in [0.25, 0.3) is 0 Å². The molecule has 0 unspecified atom stereocenters. The van der Waals surface area contributed by atoms with Gasteiger partial charge in [0.1, 0.15) is 0 Å². The molecule has 0 N–H and O–H groups in total. The minimum Gasteiger partial charge on any atom is -0.340 e. The molecule has 0 spiro atoms. The van der Waals surface area contributed by atoms with E-state index in [4.69, 9.17) is 0 Å². The molecule has 0 saturated heterocycles. The van der Waals surface area contributed by atoms with Crippen molar-refractivity contribution in [3.05, 3.63) is 67.3 Å². The third-order valence-electron chi connectivity index (χ3n) is 5.12. The molecular formula is C24H29N. The number of hydrogen-bond acceptors (Lipinski definition) is 0. The van der Waals surface area contributed by atoms with E-state index in [0.717, 1.165) is 17.7 Å². The van der Waals surface area contributed by atoms with Crippen molar-refractivity contribution in [2.45, 2.75) is 52.0 Å². The standard InChI is InChI=1S/C24H29N/c1-4-6-7-8-9-12-17-25-23-14-11-10-13-21(23)22-18-20(19(3)5-2)15-16-24(22)25/h5,10-11,13-16,18H,2-4,6-9,12,17H2,1H3.